The summed E-state index contributed by atoms with van der Waals surface area (Å²) in [6.07, 6.45) is 1.52. The van der Waals surface area contributed by atoms with Gasteiger partial charge in [-0.15, -0.1) is 0 Å². The SMILES string of the molecule is COc1c[nH]c(=O)n1C. The third-order valence-corrected chi connectivity index (χ3v) is 1.16. The Morgan fingerprint density at radius 1 is 1.78 bits per heavy atom. The van der Waals surface area contributed by atoms with Gasteiger partial charge in [0.2, 0.25) is 5.88 Å². The van der Waals surface area contributed by atoms with Crippen LogP contribution in [0, 0.1) is 0 Å². The number of hydrogen-bond donors (Lipinski definition) is 1. The van der Waals surface area contributed by atoms with Gasteiger partial charge in [-0.2, -0.15) is 0 Å². The van der Waals surface area contributed by atoms with Crippen LogP contribution in [0.4, 0.5) is 0 Å². The molecule has 0 fully saturated rings. The third-order valence-electron chi connectivity index (χ3n) is 1.16. The van der Waals surface area contributed by atoms with Gasteiger partial charge in [0.15, 0.2) is 0 Å². The van der Waals surface area contributed by atoms with E-state index in [0.717, 1.165) is 0 Å². The van der Waals surface area contributed by atoms with Crippen molar-refractivity contribution in [1.82, 2.24) is 9.55 Å². The Bertz CT molecular complexity index is 248. The molecule has 1 heterocycles. The summed E-state index contributed by atoms with van der Waals surface area (Å²) in [7, 11) is 3.15. The topological polar surface area (TPSA) is 47.0 Å². The van der Waals surface area contributed by atoms with E-state index >= 15 is 0 Å². The van der Waals surface area contributed by atoms with Gasteiger partial charge in [0.1, 0.15) is 0 Å². The van der Waals surface area contributed by atoms with Crippen LogP contribution in [0.5, 0.6) is 5.88 Å². The Kier molecular flexibility index (Phi) is 1.30. The highest BCUT2D eigenvalue weighted by molar-refractivity contribution is 5.03. The molecule has 1 aromatic heterocycles. The first kappa shape index (κ1) is 5.94. The van der Waals surface area contributed by atoms with Crippen molar-refractivity contribution in [2.24, 2.45) is 7.05 Å². The van der Waals surface area contributed by atoms with Crippen LogP contribution in [0.3, 0.4) is 0 Å². The molecule has 0 saturated carbocycles. The van der Waals surface area contributed by atoms with Crippen LogP contribution in [-0.4, -0.2) is 16.7 Å². The maximum atomic E-state index is 10.6. The van der Waals surface area contributed by atoms with Crippen molar-refractivity contribution in [1.29, 1.82) is 0 Å². The summed E-state index contributed by atoms with van der Waals surface area (Å²) in [4.78, 5) is 13.1. The molecule has 0 radical (unpaired) electrons. The summed E-state index contributed by atoms with van der Waals surface area (Å²) >= 11 is 0. The lowest BCUT2D eigenvalue weighted by molar-refractivity contribution is 0.380. The first-order chi connectivity index (χ1) is 4.25. The van der Waals surface area contributed by atoms with Crippen molar-refractivity contribution in [3.05, 3.63) is 16.7 Å². The van der Waals surface area contributed by atoms with Gasteiger partial charge in [0, 0.05) is 7.05 Å². The van der Waals surface area contributed by atoms with Crippen molar-refractivity contribution in [2.75, 3.05) is 7.11 Å². The average molecular weight is 128 g/mol. The molecule has 4 heteroatoms. The van der Waals surface area contributed by atoms with E-state index in [1.54, 1.807) is 7.05 Å². The van der Waals surface area contributed by atoms with Gasteiger partial charge in [-0.25, -0.2) is 4.79 Å². The van der Waals surface area contributed by atoms with Crippen LogP contribution in [0.2, 0.25) is 0 Å². The summed E-state index contributed by atoms with van der Waals surface area (Å²) in [5.41, 5.74) is -0.160. The largest absolute Gasteiger partial charge is 0.481 e. The molecule has 0 aliphatic carbocycles. The molecular weight excluding hydrogens is 120 g/mol. The summed E-state index contributed by atoms with van der Waals surface area (Å²) in [6.45, 7) is 0. The van der Waals surface area contributed by atoms with E-state index in [1.807, 2.05) is 0 Å². The van der Waals surface area contributed by atoms with Gasteiger partial charge < -0.3 is 9.72 Å². The molecule has 0 saturated heterocycles. The van der Waals surface area contributed by atoms with Crippen molar-refractivity contribution in [3.8, 4) is 5.88 Å². The second-order valence-corrected chi connectivity index (χ2v) is 1.70. The van der Waals surface area contributed by atoms with Crippen molar-refractivity contribution < 1.29 is 4.74 Å². The summed E-state index contributed by atoms with van der Waals surface area (Å²) in [5, 5.41) is 0. The average Bonchev–Trinajstić information content (AvgIpc) is 2.15. The van der Waals surface area contributed by atoms with Gasteiger partial charge in [-0.1, -0.05) is 0 Å². The summed E-state index contributed by atoms with van der Waals surface area (Å²) in [6, 6.07) is 0. The highest BCUT2D eigenvalue weighted by Gasteiger charge is 1.97. The predicted molar refractivity (Wildman–Crippen MR) is 32.6 cm³/mol. The molecule has 1 rings (SSSR count). The highest BCUT2D eigenvalue weighted by atomic mass is 16.5. The number of ether oxygens (including phenoxy) is 1. The minimum absolute atomic E-state index is 0.160. The molecule has 0 amide bonds. The fraction of sp³-hybridized carbons (Fsp3) is 0.400. The number of hydrogen-bond acceptors (Lipinski definition) is 2. The van der Waals surface area contributed by atoms with Crippen molar-refractivity contribution in [2.45, 2.75) is 0 Å². The quantitative estimate of drug-likeness (QED) is 0.565. The summed E-state index contributed by atoms with van der Waals surface area (Å²) in [5.74, 6) is 0.542. The Hall–Kier alpha value is -1.19. The lowest BCUT2D eigenvalue weighted by Crippen LogP contribution is -2.12. The Morgan fingerprint density at radius 2 is 2.44 bits per heavy atom. The molecule has 9 heavy (non-hydrogen) atoms. The van der Waals surface area contributed by atoms with Gasteiger partial charge in [0.05, 0.1) is 13.3 Å². The minimum atomic E-state index is -0.160. The van der Waals surface area contributed by atoms with Crippen LogP contribution in [0.1, 0.15) is 0 Å². The van der Waals surface area contributed by atoms with Gasteiger partial charge >= 0.3 is 5.69 Å². The maximum Gasteiger partial charge on any atom is 0.328 e. The fourth-order valence-corrected chi connectivity index (χ4v) is 0.613. The second-order valence-electron chi connectivity index (χ2n) is 1.70. The number of aromatic amines is 1. The molecule has 0 unspecified atom stereocenters. The molecule has 0 atom stereocenters. The minimum Gasteiger partial charge on any atom is -0.481 e. The van der Waals surface area contributed by atoms with Crippen LogP contribution < -0.4 is 10.4 Å². The van der Waals surface area contributed by atoms with Crippen LogP contribution >= 0.6 is 0 Å². The molecule has 1 N–H and O–H groups in total. The number of nitrogens with one attached hydrogen (secondary N) is 1. The maximum absolute atomic E-state index is 10.6. The van der Waals surface area contributed by atoms with Gasteiger partial charge in [0.25, 0.3) is 0 Å². The van der Waals surface area contributed by atoms with Crippen LogP contribution in [0.25, 0.3) is 0 Å². The lowest BCUT2D eigenvalue weighted by Gasteiger charge is -1.95. The molecule has 4 nitrogen and oxygen atoms in total. The summed E-state index contributed by atoms with van der Waals surface area (Å²) < 4.78 is 6.19. The van der Waals surface area contributed by atoms with Crippen LogP contribution in [-0.2, 0) is 7.05 Å². The number of rotatable bonds is 1. The third kappa shape index (κ3) is 0.826. The van der Waals surface area contributed by atoms with Gasteiger partial charge in [-0.3, -0.25) is 4.57 Å². The van der Waals surface area contributed by atoms with E-state index in [0.29, 0.717) is 5.88 Å². The number of aromatic nitrogens is 2. The number of imidazole rings is 1. The van der Waals surface area contributed by atoms with E-state index in [9.17, 15) is 4.79 Å². The van der Waals surface area contributed by atoms with Crippen molar-refractivity contribution in [3.63, 3.8) is 0 Å². The molecular formula is C5H8N2O2. The monoisotopic (exact) mass is 128 g/mol. The Balaban J connectivity index is 3.20. The van der Waals surface area contributed by atoms with E-state index in [4.69, 9.17) is 4.74 Å². The van der Waals surface area contributed by atoms with E-state index in [1.165, 1.54) is 17.9 Å². The lowest BCUT2D eigenvalue weighted by atomic mass is 10.8. The fourth-order valence-electron chi connectivity index (χ4n) is 0.613. The highest BCUT2D eigenvalue weighted by Crippen LogP contribution is 1.99. The van der Waals surface area contributed by atoms with E-state index in [-0.39, 0.29) is 5.69 Å². The van der Waals surface area contributed by atoms with E-state index in [2.05, 4.69) is 4.98 Å². The van der Waals surface area contributed by atoms with E-state index < -0.39 is 0 Å². The zero-order chi connectivity index (χ0) is 6.85. The Morgan fingerprint density at radius 3 is 2.67 bits per heavy atom. The normalized spacial score (nSPS) is 9.56. The molecule has 1 aromatic rings. The zero-order valence-corrected chi connectivity index (χ0v) is 5.34. The molecule has 0 bridgehead atoms. The van der Waals surface area contributed by atoms with Crippen LogP contribution in [0.15, 0.2) is 11.0 Å². The molecule has 0 aromatic carbocycles. The smallest absolute Gasteiger partial charge is 0.328 e. The first-order valence-corrected chi connectivity index (χ1v) is 2.54. The number of nitrogens with zero attached hydrogens (tertiary/aromatic N) is 1. The molecule has 0 aliphatic rings. The molecule has 0 aliphatic heterocycles. The standard InChI is InChI=1S/C5H8N2O2/c1-7-4(9-2)3-6-5(7)8/h3H,1-2H3,(H,6,8). The van der Waals surface area contributed by atoms with Crippen molar-refractivity contribution >= 4 is 0 Å². The van der Waals surface area contributed by atoms with Gasteiger partial charge in [-0.05, 0) is 0 Å². The second kappa shape index (κ2) is 1.97. The Labute approximate surface area is 52.1 Å². The predicted octanol–water partition coefficient (Wildman–Crippen LogP) is -0.278. The zero-order valence-electron chi connectivity index (χ0n) is 5.34. The number of H-pyrrole nitrogens is 1. The molecule has 0 spiro atoms. The first-order valence-electron chi connectivity index (χ1n) is 2.54. The molecule has 50 valence electrons. The number of methoxy groups -OCH3 is 1.